The summed E-state index contributed by atoms with van der Waals surface area (Å²) in [6.45, 7) is 0. The molecule has 13 nitrogen and oxygen atoms in total. The normalized spacial score (nSPS) is 14.5. The van der Waals surface area contributed by atoms with Crippen LogP contribution in [0, 0.1) is 0 Å². The Balaban J connectivity index is 0.000000110. The van der Waals surface area contributed by atoms with Gasteiger partial charge in [0.2, 0.25) is 17.9 Å². The molecule has 0 unspecified atom stereocenters. The van der Waals surface area contributed by atoms with E-state index < -0.39 is 0 Å². The summed E-state index contributed by atoms with van der Waals surface area (Å²) < 4.78 is 0. The Labute approximate surface area is 457 Å². The van der Waals surface area contributed by atoms with E-state index in [1.54, 1.807) is 0 Å². The molecule has 378 valence electrons. The summed E-state index contributed by atoms with van der Waals surface area (Å²) in [5, 5.41) is 25.4. The molecule has 0 aromatic heterocycles. The number of fused-ring (bicyclic) bond motifs is 10. The minimum atomic E-state index is -0.226. The molecule has 0 bridgehead atoms. The maximum atomic E-state index is 11.2. The molecule has 18 rings (SSSR count). The van der Waals surface area contributed by atoms with Gasteiger partial charge in [0, 0.05) is 55.1 Å². The lowest BCUT2D eigenvalue weighted by Crippen LogP contribution is -2.67. The Bertz CT molecular complexity index is 4290. The van der Waals surface area contributed by atoms with Crippen molar-refractivity contribution < 1.29 is 4.79 Å². The van der Waals surface area contributed by atoms with Gasteiger partial charge in [-0.25, -0.2) is 34.5 Å². The molecule has 12 aromatic carbocycles. The van der Waals surface area contributed by atoms with E-state index in [1.807, 2.05) is 97.1 Å². The maximum Gasteiger partial charge on any atom is 0.323 e. The summed E-state index contributed by atoms with van der Waals surface area (Å²) in [4.78, 5) is 33.8. The van der Waals surface area contributed by atoms with Crippen LogP contribution in [0.25, 0.3) is 64.6 Å². The molecule has 79 heavy (non-hydrogen) atoms. The van der Waals surface area contributed by atoms with Crippen LogP contribution in [0.3, 0.4) is 0 Å². The number of aliphatic imine (C=N–C) groups is 3. The van der Waals surface area contributed by atoms with Crippen LogP contribution in [0.1, 0.15) is 0 Å². The number of alkyl halides is 1. The smallest absolute Gasteiger partial charge is 0.323 e. The van der Waals surface area contributed by atoms with Gasteiger partial charge >= 0.3 is 6.03 Å². The van der Waals surface area contributed by atoms with E-state index in [2.05, 4.69) is 157 Å². The Kier molecular flexibility index (Phi) is 10.4. The molecule has 8 N–H and O–H groups in total. The van der Waals surface area contributed by atoms with Gasteiger partial charge < -0.3 is 32.7 Å². The fourth-order valence-electron chi connectivity index (χ4n) is 11.7. The average Bonchev–Trinajstić information content (AvgIpc) is 3.65. The second-order valence-electron chi connectivity index (χ2n) is 19.6. The second kappa shape index (κ2) is 18.0. The molecule has 1 fully saturated rings. The first kappa shape index (κ1) is 45.7. The Morgan fingerprint density at radius 3 is 0.975 bits per heavy atom. The summed E-state index contributed by atoms with van der Waals surface area (Å²) in [5.41, 5.74) is 22.8. The summed E-state index contributed by atoms with van der Waals surface area (Å²) in [6, 6.07) is 73.7. The van der Waals surface area contributed by atoms with Crippen molar-refractivity contribution in [1.82, 2.24) is 0 Å². The number of halogens is 1. The van der Waals surface area contributed by atoms with Gasteiger partial charge in [-0.2, -0.15) is 0 Å². The molecule has 0 radical (unpaired) electrons. The SMILES string of the molecule is ClC1Nc2cccc3cccc(c23)N1.Nc1cccc2cccc(N)c12.O=C1Nc2cccc3cccc(c23)N1.c1cc2c3c(cccc3c1)N1C(=N2)N2C(=Nc3cccc4cccc2c34)N2C1=Nc1cccc3cccc2c13. The lowest BCUT2D eigenvalue weighted by Gasteiger charge is -2.49. The number of guanidine groups is 3. The highest BCUT2D eigenvalue weighted by Crippen LogP contribution is 2.50. The highest BCUT2D eigenvalue weighted by atomic mass is 35.5. The van der Waals surface area contributed by atoms with Crippen molar-refractivity contribution in [3.8, 4) is 0 Å². The zero-order chi connectivity index (χ0) is 52.9. The number of nitrogen functional groups attached to an aromatic ring is 2. The summed E-state index contributed by atoms with van der Waals surface area (Å²) in [6.07, 6.45) is 0. The van der Waals surface area contributed by atoms with Crippen LogP contribution in [0.2, 0.25) is 0 Å². The maximum absolute atomic E-state index is 11.2. The first-order valence-corrected chi connectivity index (χ1v) is 26.3. The molecule has 0 atom stereocenters. The minimum Gasteiger partial charge on any atom is -0.398 e. The van der Waals surface area contributed by atoms with E-state index in [0.29, 0.717) is 0 Å². The van der Waals surface area contributed by atoms with Gasteiger partial charge in [0.15, 0.2) is 5.62 Å². The Morgan fingerprint density at radius 1 is 0.342 bits per heavy atom. The fourth-order valence-corrected chi connectivity index (χ4v) is 11.9. The summed E-state index contributed by atoms with van der Waals surface area (Å²) in [5.74, 6) is 2.34. The van der Waals surface area contributed by atoms with E-state index in [-0.39, 0.29) is 11.7 Å². The third-order valence-electron chi connectivity index (χ3n) is 15.0. The Morgan fingerprint density at radius 2 is 0.620 bits per heavy atom. The van der Waals surface area contributed by atoms with E-state index >= 15 is 0 Å². The molecule has 0 saturated carbocycles. The number of urea groups is 1. The number of nitrogens with two attached hydrogens (primary N) is 2. The number of nitrogens with one attached hydrogen (secondary N) is 4. The third kappa shape index (κ3) is 7.39. The molecule has 6 aliphatic rings. The molecule has 6 aliphatic heterocycles. The molecule has 12 aromatic rings. The van der Waals surface area contributed by atoms with Gasteiger partial charge in [0.05, 0.1) is 45.5 Å². The van der Waals surface area contributed by atoms with Crippen molar-refractivity contribution in [3.63, 3.8) is 0 Å². The van der Waals surface area contributed by atoms with Gasteiger partial charge in [-0.05, 0) is 105 Å². The number of hydrogen-bond donors (Lipinski definition) is 6. The second-order valence-corrected chi connectivity index (χ2v) is 20.1. The molecular formula is C65H45ClN12O. The third-order valence-corrected chi connectivity index (χ3v) is 15.2. The van der Waals surface area contributed by atoms with Gasteiger partial charge in [0.1, 0.15) is 0 Å². The summed E-state index contributed by atoms with van der Waals surface area (Å²) in [7, 11) is 0. The Hall–Kier alpha value is -10.6. The van der Waals surface area contributed by atoms with E-state index in [9.17, 15) is 4.79 Å². The first-order valence-electron chi connectivity index (χ1n) is 25.9. The highest BCUT2D eigenvalue weighted by molar-refractivity contribution is 6.50. The molecule has 1 saturated heterocycles. The van der Waals surface area contributed by atoms with Crippen molar-refractivity contribution in [2.45, 2.75) is 5.62 Å². The van der Waals surface area contributed by atoms with Crippen LogP contribution >= 0.6 is 11.6 Å². The van der Waals surface area contributed by atoms with Crippen LogP contribution in [0.15, 0.2) is 233 Å². The first-order chi connectivity index (χ1) is 38.8. The van der Waals surface area contributed by atoms with Crippen molar-refractivity contribution >= 4 is 168 Å². The number of carbonyl (C=O) groups is 1. The van der Waals surface area contributed by atoms with Crippen LogP contribution in [-0.2, 0) is 0 Å². The molecular weight excluding hydrogens is 1000 g/mol. The molecule has 0 spiro atoms. The highest BCUT2D eigenvalue weighted by Gasteiger charge is 2.47. The largest absolute Gasteiger partial charge is 0.398 e. The van der Waals surface area contributed by atoms with Gasteiger partial charge in [-0.3, -0.25) is 0 Å². The van der Waals surface area contributed by atoms with Crippen molar-refractivity contribution in [3.05, 3.63) is 218 Å². The number of hydrogen-bond acceptors (Lipinski definition) is 11. The molecule has 14 heteroatoms. The van der Waals surface area contributed by atoms with Crippen LogP contribution in [0.5, 0.6) is 0 Å². The monoisotopic (exact) mass is 1040 g/mol. The van der Waals surface area contributed by atoms with Crippen molar-refractivity contribution in [2.75, 3.05) is 47.4 Å². The van der Waals surface area contributed by atoms with E-state index in [0.717, 1.165) is 140 Å². The van der Waals surface area contributed by atoms with Gasteiger partial charge in [-0.15, -0.1) is 0 Å². The number of amides is 2. The zero-order valence-corrected chi connectivity index (χ0v) is 42.7. The van der Waals surface area contributed by atoms with Crippen molar-refractivity contribution in [1.29, 1.82) is 0 Å². The lowest BCUT2D eigenvalue weighted by atomic mass is 10.0. The van der Waals surface area contributed by atoms with Gasteiger partial charge in [-0.1, -0.05) is 157 Å². The molecule has 0 aliphatic carbocycles. The average molecular weight is 1050 g/mol. The van der Waals surface area contributed by atoms with Crippen LogP contribution in [0.4, 0.5) is 73.0 Å². The topological polar surface area (TPSA) is 164 Å². The number of benzene rings is 12. The number of nitrogens with zero attached hydrogens (tertiary/aromatic N) is 6. The number of anilines is 9. The summed E-state index contributed by atoms with van der Waals surface area (Å²) >= 11 is 6.01. The zero-order valence-electron chi connectivity index (χ0n) is 42.0. The number of rotatable bonds is 0. The predicted octanol–water partition coefficient (Wildman–Crippen LogP) is 16.0. The minimum absolute atomic E-state index is 0.170. The standard InChI is InChI=1S/C33H18N6.C11H9ClN2.C11H8N2O.C10H10N2/c1-7-19-10-4-16-25-28(19)22(13-1)34-31-37(25)32-35-24-15-3-9-21-12-6-18-27(30(21)24)39(32)33-36-23-14-2-8-20-11-5-17-26(29(20)23)38(31)33;12-11-13-8-5-1-3-7-4-2-6-9(14-11)10(7)8;14-11-12-8-5-1-3-7-4-2-6-9(13-11)10(7)8;11-8-5-1-3-7-4-2-6-9(12)10(7)8/h1-18H;1-6,11,13-14H;1-6H,(H2,12,13,14);1-6H,11-12H2. The van der Waals surface area contributed by atoms with Crippen LogP contribution < -0.4 is 47.4 Å². The van der Waals surface area contributed by atoms with E-state index in [4.69, 9.17) is 38.0 Å². The van der Waals surface area contributed by atoms with Crippen molar-refractivity contribution in [2.24, 2.45) is 15.0 Å². The molecule has 6 heterocycles. The van der Waals surface area contributed by atoms with Gasteiger partial charge in [0.25, 0.3) is 0 Å². The molecule has 2 amide bonds. The lowest BCUT2D eigenvalue weighted by molar-refractivity contribution is 0.262. The van der Waals surface area contributed by atoms with E-state index in [1.165, 1.54) is 10.8 Å². The predicted molar refractivity (Wildman–Crippen MR) is 331 cm³/mol. The quantitative estimate of drug-likeness (QED) is 0.0496. The van der Waals surface area contributed by atoms with Crippen LogP contribution in [-0.4, -0.2) is 29.5 Å². The number of carbonyl (C=O) groups excluding carboxylic acids is 1. The fraction of sp³-hybridized carbons (Fsp3) is 0.0154.